The van der Waals surface area contributed by atoms with E-state index >= 15 is 0 Å². The van der Waals surface area contributed by atoms with Gasteiger partial charge in [-0.2, -0.15) is 11.3 Å². The highest BCUT2D eigenvalue weighted by Gasteiger charge is 1.98. The topological polar surface area (TPSA) is 39.7 Å². The zero-order chi connectivity index (χ0) is 12.5. The van der Waals surface area contributed by atoms with Crippen molar-refractivity contribution in [3.05, 3.63) is 22.4 Å². The van der Waals surface area contributed by atoms with Crippen LogP contribution in [-0.4, -0.2) is 45.1 Å². The van der Waals surface area contributed by atoms with Crippen molar-refractivity contribution in [3.8, 4) is 0 Å². The molecule has 0 bridgehead atoms. The van der Waals surface area contributed by atoms with E-state index in [4.69, 9.17) is 0 Å². The Balaban J connectivity index is 2.16. The molecule has 0 saturated carbocycles. The summed E-state index contributed by atoms with van der Waals surface area (Å²) in [4.78, 5) is 6.37. The number of aliphatic imine (C=N–C) groups is 1. The lowest BCUT2D eigenvalue weighted by atomic mass is 10.3. The van der Waals surface area contributed by atoms with E-state index in [0.29, 0.717) is 0 Å². The Morgan fingerprint density at radius 3 is 2.82 bits per heavy atom. The predicted molar refractivity (Wildman–Crippen MR) is 75.7 cm³/mol. The van der Waals surface area contributed by atoms with Gasteiger partial charge in [-0.05, 0) is 49.5 Å². The van der Waals surface area contributed by atoms with Gasteiger partial charge < -0.3 is 15.5 Å². The van der Waals surface area contributed by atoms with Crippen LogP contribution in [0.15, 0.2) is 21.8 Å². The van der Waals surface area contributed by atoms with Gasteiger partial charge in [0.2, 0.25) is 0 Å². The van der Waals surface area contributed by atoms with Crippen molar-refractivity contribution in [1.29, 1.82) is 0 Å². The number of guanidine groups is 1. The number of thiophene rings is 1. The van der Waals surface area contributed by atoms with Crippen LogP contribution in [0.5, 0.6) is 0 Å². The molecule has 4 nitrogen and oxygen atoms in total. The van der Waals surface area contributed by atoms with Crippen LogP contribution in [0.1, 0.15) is 12.0 Å². The largest absolute Gasteiger partial charge is 0.356 e. The van der Waals surface area contributed by atoms with Crippen LogP contribution in [0.25, 0.3) is 0 Å². The van der Waals surface area contributed by atoms with Gasteiger partial charge in [0.15, 0.2) is 5.96 Å². The highest BCUT2D eigenvalue weighted by atomic mass is 32.1. The summed E-state index contributed by atoms with van der Waals surface area (Å²) in [6.45, 7) is 2.87. The van der Waals surface area contributed by atoms with Crippen molar-refractivity contribution in [1.82, 2.24) is 15.5 Å². The zero-order valence-electron chi connectivity index (χ0n) is 10.9. The smallest absolute Gasteiger partial charge is 0.191 e. The van der Waals surface area contributed by atoms with Gasteiger partial charge in [-0.15, -0.1) is 0 Å². The highest BCUT2D eigenvalue weighted by molar-refractivity contribution is 7.07. The van der Waals surface area contributed by atoms with Gasteiger partial charge in [-0.25, -0.2) is 0 Å². The molecule has 0 aliphatic heterocycles. The molecule has 2 N–H and O–H groups in total. The Hall–Kier alpha value is -1.07. The van der Waals surface area contributed by atoms with Crippen LogP contribution in [0, 0.1) is 0 Å². The lowest BCUT2D eigenvalue weighted by Crippen LogP contribution is -2.37. The average Bonchev–Trinajstić information content (AvgIpc) is 2.81. The summed E-state index contributed by atoms with van der Waals surface area (Å²) >= 11 is 1.72. The molecule has 0 radical (unpaired) electrons. The molecule has 5 heteroatoms. The second-order valence-electron chi connectivity index (χ2n) is 4.14. The molecule has 0 fully saturated rings. The van der Waals surface area contributed by atoms with Gasteiger partial charge in [-0.1, -0.05) is 0 Å². The number of nitrogens with one attached hydrogen (secondary N) is 2. The molecule has 0 spiro atoms. The molecule has 0 amide bonds. The van der Waals surface area contributed by atoms with Gasteiger partial charge in [0, 0.05) is 20.1 Å². The third-order valence-electron chi connectivity index (χ3n) is 2.34. The molecule has 0 unspecified atom stereocenters. The van der Waals surface area contributed by atoms with Crippen LogP contribution < -0.4 is 10.6 Å². The minimum absolute atomic E-state index is 0.830. The summed E-state index contributed by atoms with van der Waals surface area (Å²) in [5, 5.41) is 10.8. The van der Waals surface area contributed by atoms with Gasteiger partial charge in [0.1, 0.15) is 0 Å². The average molecular weight is 254 g/mol. The first-order valence-electron chi connectivity index (χ1n) is 5.82. The highest BCUT2D eigenvalue weighted by Crippen LogP contribution is 2.04. The van der Waals surface area contributed by atoms with Gasteiger partial charge in [0.05, 0.1) is 0 Å². The first-order valence-corrected chi connectivity index (χ1v) is 6.77. The molecular formula is C12H22N4S. The minimum Gasteiger partial charge on any atom is -0.356 e. The first kappa shape index (κ1) is 14.0. The number of hydrogen-bond acceptors (Lipinski definition) is 3. The van der Waals surface area contributed by atoms with E-state index in [1.807, 2.05) is 0 Å². The van der Waals surface area contributed by atoms with Crippen molar-refractivity contribution in [3.63, 3.8) is 0 Å². The molecule has 0 aliphatic rings. The standard InChI is InChI=1S/C12H22N4S/c1-13-12(14-6-4-7-16(2)3)15-9-11-5-8-17-10-11/h5,8,10H,4,6-7,9H2,1-3H3,(H2,13,14,15). The van der Waals surface area contributed by atoms with E-state index in [-0.39, 0.29) is 0 Å². The van der Waals surface area contributed by atoms with Crippen molar-refractivity contribution in [2.75, 3.05) is 34.2 Å². The van der Waals surface area contributed by atoms with Crippen LogP contribution in [0.3, 0.4) is 0 Å². The Morgan fingerprint density at radius 1 is 1.41 bits per heavy atom. The Labute approximate surface area is 108 Å². The summed E-state index contributed by atoms with van der Waals surface area (Å²) in [6, 6.07) is 2.12. The second-order valence-corrected chi connectivity index (χ2v) is 4.92. The van der Waals surface area contributed by atoms with E-state index in [1.54, 1.807) is 18.4 Å². The molecule has 0 atom stereocenters. The van der Waals surface area contributed by atoms with E-state index < -0.39 is 0 Å². The summed E-state index contributed by atoms with van der Waals surface area (Å²) in [7, 11) is 5.97. The fourth-order valence-corrected chi connectivity index (χ4v) is 2.07. The maximum atomic E-state index is 4.19. The van der Waals surface area contributed by atoms with E-state index in [0.717, 1.165) is 32.0 Å². The Kier molecular flexibility index (Phi) is 6.65. The first-order chi connectivity index (χ1) is 8.22. The third kappa shape index (κ3) is 6.28. The van der Waals surface area contributed by atoms with Crippen LogP contribution in [-0.2, 0) is 6.54 Å². The zero-order valence-corrected chi connectivity index (χ0v) is 11.7. The summed E-state index contributed by atoms with van der Waals surface area (Å²) in [6.07, 6.45) is 1.12. The molecule has 17 heavy (non-hydrogen) atoms. The van der Waals surface area contributed by atoms with Crippen molar-refractivity contribution in [2.45, 2.75) is 13.0 Å². The molecule has 0 aliphatic carbocycles. The molecule has 1 rings (SSSR count). The monoisotopic (exact) mass is 254 g/mol. The summed E-state index contributed by atoms with van der Waals surface area (Å²) in [5.41, 5.74) is 1.30. The quantitative estimate of drug-likeness (QED) is 0.457. The Bertz CT molecular complexity index is 319. The molecular weight excluding hydrogens is 232 g/mol. The number of nitrogens with zero attached hydrogens (tertiary/aromatic N) is 2. The fourth-order valence-electron chi connectivity index (χ4n) is 1.40. The number of hydrogen-bond donors (Lipinski definition) is 2. The van der Waals surface area contributed by atoms with Crippen molar-refractivity contribution in [2.24, 2.45) is 4.99 Å². The number of rotatable bonds is 6. The molecule has 1 heterocycles. The van der Waals surface area contributed by atoms with Gasteiger partial charge in [-0.3, -0.25) is 4.99 Å². The van der Waals surface area contributed by atoms with Gasteiger partial charge >= 0.3 is 0 Å². The van der Waals surface area contributed by atoms with E-state index in [9.17, 15) is 0 Å². The van der Waals surface area contributed by atoms with Crippen molar-refractivity contribution < 1.29 is 0 Å². The van der Waals surface area contributed by atoms with Gasteiger partial charge in [0.25, 0.3) is 0 Å². The summed E-state index contributed by atoms with van der Waals surface area (Å²) < 4.78 is 0. The lowest BCUT2D eigenvalue weighted by molar-refractivity contribution is 0.399. The molecule has 1 aromatic rings. The lowest BCUT2D eigenvalue weighted by Gasteiger charge is -2.13. The fraction of sp³-hybridized carbons (Fsp3) is 0.583. The molecule has 0 saturated heterocycles. The second kappa shape index (κ2) is 8.08. The van der Waals surface area contributed by atoms with Crippen LogP contribution >= 0.6 is 11.3 Å². The maximum Gasteiger partial charge on any atom is 0.191 e. The summed E-state index contributed by atoms with van der Waals surface area (Å²) in [5.74, 6) is 0.870. The van der Waals surface area contributed by atoms with Crippen molar-refractivity contribution >= 4 is 17.3 Å². The van der Waals surface area contributed by atoms with E-state index in [2.05, 4.69) is 51.4 Å². The molecule has 0 aromatic carbocycles. The minimum atomic E-state index is 0.830. The maximum absolute atomic E-state index is 4.19. The van der Waals surface area contributed by atoms with E-state index in [1.165, 1.54) is 5.56 Å². The van der Waals surface area contributed by atoms with Crippen LogP contribution in [0.4, 0.5) is 0 Å². The molecule has 1 aromatic heterocycles. The predicted octanol–water partition coefficient (Wildman–Crippen LogP) is 1.36. The SMILES string of the molecule is CN=C(NCCCN(C)C)NCc1ccsc1. The van der Waals surface area contributed by atoms with Crippen LogP contribution in [0.2, 0.25) is 0 Å². The third-order valence-corrected chi connectivity index (χ3v) is 3.07. The molecule has 96 valence electrons. The normalized spacial score (nSPS) is 11.9. The Morgan fingerprint density at radius 2 is 2.24 bits per heavy atom.